The molecule has 0 fully saturated rings. The summed E-state index contributed by atoms with van der Waals surface area (Å²) in [7, 11) is 0. The lowest BCUT2D eigenvalue weighted by Gasteiger charge is -2.15. The van der Waals surface area contributed by atoms with Gasteiger partial charge in [-0.2, -0.15) is 5.10 Å². The monoisotopic (exact) mass is 333 g/mol. The van der Waals surface area contributed by atoms with Gasteiger partial charge in [0, 0.05) is 36.8 Å². The van der Waals surface area contributed by atoms with Gasteiger partial charge in [-0.1, -0.05) is 12.1 Å². The van der Waals surface area contributed by atoms with Crippen LogP contribution in [0, 0.1) is 0 Å². The predicted octanol–water partition coefficient (Wildman–Crippen LogP) is 2.37. The first-order valence-corrected chi connectivity index (χ1v) is 8.38. The molecule has 126 valence electrons. The van der Waals surface area contributed by atoms with E-state index >= 15 is 0 Å². The van der Waals surface area contributed by atoms with Crippen molar-refractivity contribution in [1.29, 1.82) is 0 Å². The van der Waals surface area contributed by atoms with Crippen molar-refractivity contribution in [3.05, 3.63) is 66.8 Å². The molecule has 0 spiro atoms. The summed E-state index contributed by atoms with van der Waals surface area (Å²) in [6.45, 7) is 2.49. The Morgan fingerprint density at radius 3 is 3.00 bits per heavy atom. The van der Waals surface area contributed by atoms with E-state index in [0.717, 1.165) is 36.1 Å². The van der Waals surface area contributed by atoms with Gasteiger partial charge >= 0.3 is 0 Å². The lowest BCUT2D eigenvalue weighted by Crippen LogP contribution is -2.31. The molecule has 6 nitrogen and oxygen atoms in total. The normalized spacial score (nSPS) is 13.5. The summed E-state index contributed by atoms with van der Waals surface area (Å²) in [5, 5.41) is 8.39. The smallest absolute Gasteiger partial charge is 0.251 e. The van der Waals surface area contributed by atoms with Crippen LogP contribution >= 0.6 is 0 Å². The first kappa shape index (κ1) is 15.4. The summed E-state index contributed by atoms with van der Waals surface area (Å²) in [6.07, 6.45) is 10.6. The minimum Gasteiger partial charge on any atom is -0.376 e. The van der Waals surface area contributed by atoms with Crippen LogP contribution in [0.3, 0.4) is 0 Å². The average Bonchev–Trinajstić information content (AvgIpc) is 3.31. The van der Waals surface area contributed by atoms with Crippen LogP contribution in [0.2, 0.25) is 0 Å². The molecule has 1 N–H and O–H groups in total. The van der Waals surface area contributed by atoms with Gasteiger partial charge < -0.3 is 10.2 Å². The van der Waals surface area contributed by atoms with Crippen LogP contribution < -0.4 is 5.32 Å². The minimum absolute atomic E-state index is 0.0657. The highest BCUT2D eigenvalue weighted by Gasteiger charge is 2.11. The van der Waals surface area contributed by atoms with Crippen molar-refractivity contribution in [2.24, 2.45) is 0 Å². The van der Waals surface area contributed by atoms with Crippen LogP contribution in [0.1, 0.15) is 16.8 Å². The number of rotatable bonds is 5. The van der Waals surface area contributed by atoms with Crippen LogP contribution in [0.5, 0.6) is 0 Å². The van der Waals surface area contributed by atoms with Crippen molar-refractivity contribution in [3.8, 4) is 5.69 Å². The van der Waals surface area contributed by atoms with Crippen LogP contribution in [0.25, 0.3) is 16.6 Å². The third kappa shape index (κ3) is 3.24. The lowest BCUT2D eigenvalue weighted by molar-refractivity contribution is 0.0951. The number of aromatic nitrogens is 3. The van der Waals surface area contributed by atoms with Crippen molar-refractivity contribution in [1.82, 2.24) is 25.0 Å². The zero-order valence-corrected chi connectivity index (χ0v) is 13.8. The Labute approximate surface area is 145 Å². The number of fused-ring (bicyclic) bond motifs is 1. The van der Waals surface area contributed by atoms with E-state index in [2.05, 4.69) is 32.6 Å². The molecular formula is C19H19N5O. The van der Waals surface area contributed by atoms with E-state index < -0.39 is 0 Å². The summed E-state index contributed by atoms with van der Waals surface area (Å²) in [4.78, 5) is 18.8. The SMILES string of the molecule is O=C(NCCN1C=CCC1)c1ccc2cnn(-c3cccnc3)c2c1. The van der Waals surface area contributed by atoms with Gasteiger partial charge in [0.25, 0.3) is 5.91 Å². The molecule has 25 heavy (non-hydrogen) atoms. The molecule has 3 heterocycles. The molecular weight excluding hydrogens is 314 g/mol. The molecule has 4 rings (SSSR count). The molecule has 1 aliphatic heterocycles. The van der Waals surface area contributed by atoms with Crippen molar-refractivity contribution in [3.63, 3.8) is 0 Å². The van der Waals surface area contributed by atoms with Gasteiger partial charge in [0.1, 0.15) is 0 Å². The van der Waals surface area contributed by atoms with Crippen LogP contribution in [0.4, 0.5) is 0 Å². The molecule has 0 atom stereocenters. The number of hydrogen-bond donors (Lipinski definition) is 1. The highest BCUT2D eigenvalue weighted by molar-refractivity contribution is 5.98. The van der Waals surface area contributed by atoms with E-state index in [0.29, 0.717) is 12.1 Å². The zero-order valence-electron chi connectivity index (χ0n) is 13.8. The van der Waals surface area contributed by atoms with E-state index in [1.54, 1.807) is 23.3 Å². The van der Waals surface area contributed by atoms with Gasteiger partial charge in [-0.15, -0.1) is 0 Å². The average molecular weight is 333 g/mol. The van der Waals surface area contributed by atoms with Gasteiger partial charge in [-0.05, 0) is 36.9 Å². The van der Waals surface area contributed by atoms with E-state index in [1.807, 2.05) is 30.3 Å². The van der Waals surface area contributed by atoms with Crippen molar-refractivity contribution in [2.45, 2.75) is 6.42 Å². The van der Waals surface area contributed by atoms with Crippen molar-refractivity contribution in [2.75, 3.05) is 19.6 Å². The van der Waals surface area contributed by atoms with Crippen molar-refractivity contribution >= 4 is 16.8 Å². The summed E-state index contributed by atoms with van der Waals surface area (Å²) < 4.78 is 1.80. The molecule has 3 aromatic rings. The van der Waals surface area contributed by atoms with Crippen LogP contribution in [-0.4, -0.2) is 45.2 Å². The molecule has 1 aliphatic rings. The van der Waals surface area contributed by atoms with E-state index in [1.165, 1.54) is 0 Å². The topological polar surface area (TPSA) is 63.1 Å². The quantitative estimate of drug-likeness (QED) is 0.779. The molecule has 0 saturated carbocycles. The standard InChI is InChI=1S/C19H19N5O/c25-19(21-8-11-23-9-1-2-10-23)15-5-6-16-13-22-24(18(16)12-15)17-4-3-7-20-14-17/h1,3-7,9,12-14H,2,8,10-11H2,(H,21,25). The van der Waals surface area contributed by atoms with Crippen LogP contribution in [0.15, 0.2) is 61.2 Å². The van der Waals surface area contributed by atoms with Gasteiger partial charge in [-0.3, -0.25) is 9.78 Å². The predicted molar refractivity (Wildman–Crippen MR) is 96.5 cm³/mol. The summed E-state index contributed by atoms with van der Waals surface area (Å²) in [5.41, 5.74) is 2.40. The molecule has 0 bridgehead atoms. The molecule has 0 saturated heterocycles. The fourth-order valence-corrected chi connectivity index (χ4v) is 2.98. The molecule has 1 amide bonds. The summed E-state index contributed by atoms with van der Waals surface area (Å²) in [5.74, 6) is -0.0657. The Morgan fingerprint density at radius 1 is 1.24 bits per heavy atom. The highest BCUT2D eigenvalue weighted by Crippen LogP contribution is 2.19. The number of nitrogens with zero attached hydrogens (tertiary/aromatic N) is 4. The molecule has 2 aromatic heterocycles. The summed E-state index contributed by atoms with van der Waals surface area (Å²) >= 11 is 0. The Morgan fingerprint density at radius 2 is 2.20 bits per heavy atom. The largest absolute Gasteiger partial charge is 0.376 e. The molecule has 0 unspecified atom stereocenters. The number of carbonyl (C=O) groups excluding carboxylic acids is 1. The number of nitrogens with one attached hydrogen (secondary N) is 1. The first-order chi connectivity index (χ1) is 12.3. The maximum Gasteiger partial charge on any atom is 0.251 e. The molecule has 6 heteroatoms. The van der Waals surface area contributed by atoms with E-state index in [-0.39, 0.29) is 5.91 Å². The molecule has 1 aromatic carbocycles. The van der Waals surface area contributed by atoms with Gasteiger partial charge in [0.05, 0.1) is 23.6 Å². The minimum atomic E-state index is -0.0657. The second-order valence-electron chi connectivity index (χ2n) is 6.01. The Balaban J connectivity index is 1.51. The first-order valence-electron chi connectivity index (χ1n) is 8.38. The maximum atomic E-state index is 12.4. The Kier molecular flexibility index (Phi) is 4.16. The van der Waals surface area contributed by atoms with Crippen LogP contribution in [-0.2, 0) is 0 Å². The van der Waals surface area contributed by atoms with Crippen molar-refractivity contribution < 1.29 is 4.79 Å². The number of hydrogen-bond acceptors (Lipinski definition) is 4. The fourth-order valence-electron chi connectivity index (χ4n) is 2.98. The Hall–Kier alpha value is -3.15. The maximum absolute atomic E-state index is 12.4. The third-order valence-electron chi connectivity index (χ3n) is 4.31. The number of amides is 1. The van der Waals surface area contributed by atoms with E-state index in [9.17, 15) is 4.79 Å². The van der Waals surface area contributed by atoms with Gasteiger partial charge in [0.15, 0.2) is 0 Å². The fraction of sp³-hybridized carbons (Fsp3) is 0.211. The number of benzene rings is 1. The summed E-state index contributed by atoms with van der Waals surface area (Å²) in [6, 6.07) is 9.44. The van der Waals surface area contributed by atoms with E-state index in [4.69, 9.17) is 0 Å². The van der Waals surface area contributed by atoms with Gasteiger partial charge in [0.2, 0.25) is 0 Å². The number of pyridine rings is 1. The van der Waals surface area contributed by atoms with Gasteiger partial charge in [-0.25, -0.2) is 4.68 Å². The zero-order chi connectivity index (χ0) is 17.1. The third-order valence-corrected chi connectivity index (χ3v) is 4.31. The second-order valence-corrected chi connectivity index (χ2v) is 6.01. The lowest BCUT2D eigenvalue weighted by atomic mass is 10.1. The molecule has 0 radical (unpaired) electrons. The second kappa shape index (κ2) is 6.76. The number of carbonyl (C=O) groups is 1. The highest BCUT2D eigenvalue weighted by atomic mass is 16.1. The Bertz CT molecular complexity index is 916. The molecule has 0 aliphatic carbocycles.